The average molecular weight is 297 g/mol. The molecule has 3 aromatic rings. The fourth-order valence-corrected chi connectivity index (χ4v) is 2.37. The van der Waals surface area contributed by atoms with Gasteiger partial charge in [0.05, 0.1) is 12.8 Å². The van der Waals surface area contributed by atoms with Gasteiger partial charge in [-0.3, -0.25) is 9.69 Å². The maximum absolute atomic E-state index is 12.8. The number of nitrogens with zero attached hydrogens (tertiary/aromatic N) is 3. The van der Waals surface area contributed by atoms with E-state index in [0.29, 0.717) is 36.2 Å². The number of hydrogen-bond donors (Lipinski definition) is 0. The lowest BCUT2D eigenvalue weighted by molar-refractivity contribution is 0.0971. The molecule has 0 saturated heterocycles. The van der Waals surface area contributed by atoms with E-state index in [4.69, 9.17) is 13.6 Å². The van der Waals surface area contributed by atoms with Gasteiger partial charge in [-0.1, -0.05) is 0 Å². The molecule has 0 saturated carbocycles. The molecular weight excluding hydrogens is 286 g/mol. The van der Waals surface area contributed by atoms with E-state index < -0.39 is 0 Å². The lowest BCUT2D eigenvalue weighted by atomic mass is 10.2. The molecule has 110 valence electrons. The van der Waals surface area contributed by atoms with Gasteiger partial charge in [-0.2, -0.15) is 0 Å². The molecule has 1 amide bonds. The molecule has 0 radical (unpaired) electrons. The first-order valence-electron chi connectivity index (χ1n) is 6.71. The number of fused-ring (bicyclic) bond motifs is 1. The van der Waals surface area contributed by atoms with Crippen molar-refractivity contribution in [3.8, 4) is 17.4 Å². The second-order valence-corrected chi connectivity index (χ2v) is 4.64. The summed E-state index contributed by atoms with van der Waals surface area (Å²) in [6.45, 7) is 0.797. The smallest absolute Gasteiger partial charge is 0.281 e. The van der Waals surface area contributed by atoms with Crippen LogP contribution in [0.15, 0.2) is 52.0 Å². The van der Waals surface area contributed by atoms with Crippen molar-refractivity contribution in [3.63, 3.8) is 0 Å². The van der Waals surface area contributed by atoms with Crippen molar-refractivity contribution in [2.24, 2.45) is 0 Å². The van der Waals surface area contributed by atoms with Crippen molar-refractivity contribution >= 4 is 11.6 Å². The van der Waals surface area contributed by atoms with Crippen LogP contribution in [0.4, 0.5) is 5.69 Å². The summed E-state index contributed by atoms with van der Waals surface area (Å²) in [5, 5.41) is 0. The third kappa shape index (κ3) is 1.95. The molecule has 0 N–H and O–H groups in total. The van der Waals surface area contributed by atoms with Crippen LogP contribution in [0.5, 0.6) is 5.88 Å². The van der Waals surface area contributed by atoms with Crippen LogP contribution in [-0.4, -0.2) is 29.0 Å². The van der Waals surface area contributed by atoms with Crippen LogP contribution in [0, 0.1) is 0 Å². The van der Waals surface area contributed by atoms with Crippen LogP contribution in [0.3, 0.4) is 0 Å². The van der Waals surface area contributed by atoms with Crippen molar-refractivity contribution in [2.75, 3.05) is 18.1 Å². The number of hydrogen-bond acceptors (Lipinski definition) is 6. The van der Waals surface area contributed by atoms with Crippen molar-refractivity contribution in [2.45, 2.75) is 0 Å². The minimum atomic E-state index is -0.280. The molecule has 3 aromatic heterocycles. The Bertz CT molecular complexity index is 810. The second kappa shape index (κ2) is 5.03. The van der Waals surface area contributed by atoms with Crippen molar-refractivity contribution in [1.82, 2.24) is 9.97 Å². The number of aromatic nitrogens is 2. The monoisotopic (exact) mass is 297 g/mol. The average Bonchev–Trinajstić information content (AvgIpc) is 3.24. The predicted octanol–water partition coefficient (Wildman–Crippen LogP) is 2.37. The molecule has 0 spiro atoms. The molecule has 0 fully saturated rings. The fourth-order valence-electron chi connectivity index (χ4n) is 2.37. The van der Waals surface area contributed by atoms with Gasteiger partial charge < -0.3 is 13.6 Å². The van der Waals surface area contributed by atoms with Gasteiger partial charge >= 0.3 is 0 Å². The summed E-state index contributed by atoms with van der Waals surface area (Å²) in [5.74, 6) is 0.926. The summed E-state index contributed by atoms with van der Waals surface area (Å²) >= 11 is 0. The van der Waals surface area contributed by atoms with E-state index in [2.05, 4.69) is 9.97 Å². The number of anilines is 1. The Labute approximate surface area is 125 Å². The van der Waals surface area contributed by atoms with Gasteiger partial charge in [0.1, 0.15) is 12.3 Å². The molecule has 0 aromatic carbocycles. The molecule has 1 aliphatic heterocycles. The van der Waals surface area contributed by atoms with Gasteiger partial charge in [0.25, 0.3) is 5.91 Å². The quantitative estimate of drug-likeness (QED) is 0.722. The van der Waals surface area contributed by atoms with Crippen molar-refractivity contribution in [1.29, 1.82) is 0 Å². The number of carbonyl (C=O) groups excluding carboxylic acids is 1. The standard InChI is InChI=1S/C15H11N3O4/c19-15(12-13(22-9-17-12)11-4-2-7-20-11)18-6-8-21-14-10(18)3-1-5-16-14/h1-5,7,9H,6,8H2. The maximum atomic E-state index is 12.8. The zero-order valence-corrected chi connectivity index (χ0v) is 11.4. The first-order valence-corrected chi connectivity index (χ1v) is 6.71. The Morgan fingerprint density at radius 3 is 3.00 bits per heavy atom. The summed E-state index contributed by atoms with van der Waals surface area (Å²) in [4.78, 5) is 22.6. The van der Waals surface area contributed by atoms with Crippen LogP contribution in [-0.2, 0) is 0 Å². The topological polar surface area (TPSA) is 81.6 Å². The Hall–Kier alpha value is -3.09. The number of amides is 1. The Morgan fingerprint density at radius 1 is 1.18 bits per heavy atom. The number of furan rings is 1. The van der Waals surface area contributed by atoms with Crippen molar-refractivity contribution < 1.29 is 18.4 Å². The van der Waals surface area contributed by atoms with E-state index in [1.165, 1.54) is 12.7 Å². The molecule has 0 bridgehead atoms. The van der Waals surface area contributed by atoms with Gasteiger partial charge in [0.15, 0.2) is 17.8 Å². The Balaban J connectivity index is 1.74. The molecule has 0 atom stereocenters. The van der Waals surface area contributed by atoms with E-state index >= 15 is 0 Å². The lowest BCUT2D eigenvalue weighted by Gasteiger charge is -2.27. The van der Waals surface area contributed by atoms with Gasteiger partial charge in [0, 0.05) is 6.20 Å². The number of oxazole rings is 1. The zero-order valence-electron chi connectivity index (χ0n) is 11.4. The summed E-state index contributed by atoms with van der Waals surface area (Å²) in [6, 6.07) is 6.97. The van der Waals surface area contributed by atoms with Crippen molar-refractivity contribution in [3.05, 3.63) is 48.8 Å². The van der Waals surface area contributed by atoms with Crippen LogP contribution < -0.4 is 9.64 Å². The highest BCUT2D eigenvalue weighted by Crippen LogP contribution is 2.31. The Kier molecular flexibility index (Phi) is 2.89. The number of ether oxygens (including phenoxy) is 1. The second-order valence-electron chi connectivity index (χ2n) is 4.64. The highest BCUT2D eigenvalue weighted by molar-refractivity contribution is 6.08. The summed E-state index contributed by atoms with van der Waals surface area (Å²) in [6.07, 6.45) is 4.37. The van der Waals surface area contributed by atoms with Crippen LogP contribution in [0.1, 0.15) is 10.5 Å². The molecule has 0 aliphatic carbocycles. The molecular formula is C15H11N3O4. The SMILES string of the molecule is O=C(c1ncoc1-c1ccco1)N1CCOc2ncccc21. The number of rotatable bonds is 2. The number of carbonyl (C=O) groups is 1. The zero-order chi connectivity index (χ0) is 14.9. The summed E-state index contributed by atoms with van der Waals surface area (Å²) < 4.78 is 16.1. The molecule has 4 rings (SSSR count). The largest absolute Gasteiger partial charge is 0.474 e. The normalized spacial score (nSPS) is 13.5. The molecule has 0 unspecified atom stereocenters. The molecule has 4 heterocycles. The van der Waals surface area contributed by atoms with E-state index in [1.807, 2.05) is 0 Å². The number of pyridine rings is 1. The van der Waals surface area contributed by atoms with Crippen LogP contribution in [0.2, 0.25) is 0 Å². The first kappa shape index (κ1) is 12.6. The van der Waals surface area contributed by atoms with E-state index in [9.17, 15) is 4.79 Å². The summed E-state index contributed by atoms with van der Waals surface area (Å²) in [5.41, 5.74) is 0.818. The maximum Gasteiger partial charge on any atom is 0.281 e. The van der Waals surface area contributed by atoms with E-state index in [1.54, 1.807) is 35.4 Å². The van der Waals surface area contributed by atoms with Gasteiger partial charge in [-0.25, -0.2) is 9.97 Å². The molecule has 7 nitrogen and oxygen atoms in total. The lowest BCUT2D eigenvalue weighted by Crippen LogP contribution is -2.38. The highest BCUT2D eigenvalue weighted by atomic mass is 16.5. The highest BCUT2D eigenvalue weighted by Gasteiger charge is 2.30. The van der Waals surface area contributed by atoms with Gasteiger partial charge in [0.2, 0.25) is 11.6 Å². The first-order chi connectivity index (χ1) is 10.8. The van der Waals surface area contributed by atoms with Gasteiger partial charge in [-0.05, 0) is 24.3 Å². The van der Waals surface area contributed by atoms with Crippen LogP contribution >= 0.6 is 0 Å². The van der Waals surface area contributed by atoms with E-state index in [-0.39, 0.29) is 11.6 Å². The van der Waals surface area contributed by atoms with Crippen LogP contribution in [0.25, 0.3) is 11.5 Å². The summed E-state index contributed by atoms with van der Waals surface area (Å²) in [7, 11) is 0. The fraction of sp³-hybridized carbons (Fsp3) is 0.133. The molecule has 7 heteroatoms. The Morgan fingerprint density at radius 2 is 2.14 bits per heavy atom. The molecule has 22 heavy (non-hydrogen) atoms. The predicted molar refractivity (Wildman–Crippen MR) is 75.6 cm³/mol. The minimum Gasteiger partial charge on any atom is -0.474 e. The third-order valence-electron chi connectivity index (χ3n) is 3.36. The minimum absolute atomic E-state index is 0.201. The van der Waals surface area contributed by atoms with E-state index in [0.717, 1.165) is 0 Å². The van der Waals surface area contributed by atoms with Gasteiger partial charge in [-0.15, -0.1) is 0 Å². The molecule has 1 aliphatic rings. The third-order valence-corrected chi connectivity index (χ3v) is 3.36.